The summed E-state index contributed by atoms with van der Waals surface area (Å²) in [6, 6.07) is 16.3. The molecule has 2 aromatic carbocycles. The van der Waals surface area contributed by atoms with E-state index in [4.69, 9.17) is 0 Å². The molecule has 112 valence electrons. The van der Waals surface area contributed by atoms with Crippen molar-refractivity contribution in [3.05, 3.63) is 60.2 Å². The number of benzene rings is 2. The summed E-state index contributed by atoms with van der Waals surface area (Å²) < 4.78 is 26.9. The Hall–Kier alpha value is -1.81. The fourth-order valence-corrected chi connectivity index (χ4v) is 3.73. The largest absolute Gasteiger partial charge is 0.267 e. The van der Waals surface area contributed by atoms with Crippen molar-refractivity contribution in [2.24, 2.45) is 0 Å². The van der Waals surface area contributed by atoms with Crippen LogP contribution in [0.25, 0.3) is 0 Å². The molecule has 0 radical (unpaired) electrons. The van der Waals surface area contributed by atoms with Crippen molar-refractivity contribution in [3.8, 4) is 0 Å². The van der Waals surface area contributed by atoms with E-state index < -0.39 is 10.0 Å². The molecule has 3 nitrogen and oxygen atoms in total. The van der Waals surface area contributed by atoms with Crippen LogP contribution in [-0.2, 0) is 10.0 Å². The molecule has 21 heavy (non-hydrogen) atoms. The minimum absolute atomic E-state index is 0.319. The Bertz CT molecular complexity index is 676. The van der Waals surface area contributed by atoms with Crippen molar-refractivity contribution in [1.29, 1.82) is 0 Å². The quantitative estimate of drug-likeness (QED) is 0.836. The highest BCUT2D eigenvalue weighted by atomic mass is 32.2. The van der Waals surface area contributed by atoms with Gasteiger partial charge in [-0.15, -0.1) is 0 Å². The number of nitrogens with zero attached hydrogens (tertiary/aromatic N) is 1. The Morgan fingerprint density at radius 2 is 1.52 bits per heavy atom. The minimum Gasteiger partial charge on any atom is -0.267 e. The predicted octanol–water partition coefficient (Wildman–Crippen LogP) is 4.03. The van der Waals surface area contributed by atoms with Gasteiger partial charge in [0.25, 0.3) is 10.0 Å². The topological polar surface area (TPSA) is 37.4 Å². The molecule has 0 aliphatic carbocycles. The SMILES string of the molecule is CCN(c1ccc(C(C)C)cc1)S(=O)(=O)c1ccccc1. The van der Waals surface area contributed by atoms with Crippen molar-refractivity contribution in [2.45, 2.75) is 31.6 Å². The lowest BCUT2D eigenvalue weighted by Gasteiger charge is -2.23. The maximum atomic E-state index is 12.7. The third-order valence-corrected chi connectivity index (χ3v) is 5.38. The van der Waals surface area contributed by atoms with Gasteiger partial charge in [0.15, 0.2) is 0 Å². The summed E-state index contributed by atoms with van der Waals surface area (Å²) in [6.07, 6.45) is 0. The van der Waals surface area contributed by atoms with Gasteiger partial charge < -0.3 is 0 Å². The molecule has 0 heterocycles. The normalized spacial score (nSPS) is 11.6. The van der Waals surface area contributed by atoms with Crippen LogP contribution < -0.4 is 4.31 Å². The lowest BCUT2D eigenvalue weighted by Crippen LogP contribution is -2.30. The molecule has 0 atom stereocenters. The number of hydrogen-bond donors (Lipinski definition) is 0. The molecule has 2 rings (SSSR count). The zero-order valence-electron chi connectivity index (χ0n) is 12.7. The zero-order chi connectivity index (χ0) is 15.5. The average molecular weight is 303 g/mol. The Balaban J connectivity index is 2.40. The number of hydrogen-bond acceptors (Lipinski definition) is 2. The molecule has 2 aromatic rings. The summed E-state index contributed by atoms with van der Waals surface area (Å²) in [5.74, 6) is 0.430. The molecule has 0 saturated heterocycles. The summed E-state index contributed by atoms with van der Waals surface area (Å²) in [5, 5.41) is 0. The predicted molar refractivity (Wildman–Crippen MR) is 87.2 cm³/mol. The lowest BCUT2D eigenvalue weighted by atomic mass is 10.0. The third-order valence-electron chi connectivity index (χ3n) is 3.47. The van der Waals surface area contributed by atoms with E-state index in [1.807, 2.05) is 37.3 Å². The summed E-state index contributed by atoms with van der Waals surface area (Å²) >= 11 is 0. The van der Waals surface area contributed by atoms with Crippen molar-refractivity contribution in [2.75, 3.05) is 10.8 Å². The van der Waals surface area contributed by atoms with Crippen LogP contribution in [0, 0.1) is 0 Å². The summed E-state index contributed by atoms with van der Waals surface area (Å²) in [5.41, 5.74) is 1.90. The van der Waals surface area contributed by atoms with Crippen molar-refractivity contribution >= 4 is 15.7 Å². The highest BCUT2D eigenvalue weighted by Gasteiger charge is 2.23. The van der Waals surface area contributed by atoms with Crippen LogP contribution in [-0.4, -0.2) is 15.0 Å². The van der Waals surface area contributed by atoms with Crippen molar-refractivity contribution in [1.82, 2.24) is 0 Å². The van der Waals surface area contributed by atoms with Gasteiger partial charge in [-0.2, -0.15) is 0 Å². The number of anilines is 1. The maximum absolute atomic E-state index is 12.7. The number of sulfonamides is 1. The Morgan fingerprint density at radius 1 is 0.952 bits per heavy atom. The monoisotopic (exact) mass is 303 g/mol. The van der Waals surface area contributed by atoms with E-state index in [9.17, 15) is 8.42 Å². The van der Waals surface area contributed by atoms with Crippen LogP contribution in [0.1, 0.15) is 32.3 Å². The fraction of sp³-hybridized carbons (Fsp3) is 0.294. The van der Waals surface area contributed by atoms with Gasteiger partial charge in [0.05, 0.1) is 10.6 Å². The molecule has 0 amide bonds. The van der Waals surface area contributed by atoms with Gasteiger partial charge in [0, 0.05) is 6.54 Å². The summed E-state index contributed by atoms with van der Waals surface area (Å²) in [7, 11) is -3.50. The van der Waals surface area contributed by atoms with Gasteiger partial charge in [0.2, 0.25) is 0 Å². The second kappa shape index (κ2) is 6.31. The summed E-state index contributed by atoms with van der Waals surface area (Å²) in [4.78, 5) is 0.319. The Morgan fingerprint density at radius 3 is 2.00 bits per heavy atom. The van der Waals surface area contributed by atoms with E-state index in [1.54, 1.807) is 24.3 Å². The fourth-order valence-electron chi connectivity index (χ4n) is 2.24. The summed E-state index contributed by atoms with van der Waals surface area (Å²) in [6.45, 7) is 6.48. The van der Waals surface area contributed by atoms with Gasteiger partial charge in [-0.25, -0.2) is 8.42 Å². The molecule has 0 bridgehead atoms. The molecular weight excluding hydrogens is 282 g/mol. The van der Waals surface area contributed by atoms with E-state index in [-0.39, 0.29) is 0 Å². The van der Waals surface area contributed by atoms with E-state index in [1.165, 1.54) is 9.87 Å². The minimum atomic E-state index is -3.50. The van der Waals surface area contributed by atoms with Crippen LogP contribution >= 0.6 is 0 Å². The van der Waals surface area contributed by atoms with Gasteiger partial charge >= 0.3 is 0 Å². The molecule has 0 fully saturated rings. The first-order chi connectivity index (χ1) is 9.96. The van der Waals surface area contributed by atoms with E-state index in [0.29, 0.717) is 23.0 Å². The smallest absolute Gasteiger partial charge is 0.264 e. The molecule has 0 saturated carbocycles. The Kier molecular flexibility index (Phi) is 4.68. The Labute approximate surface area is 127 Å². The second-order valence-corrected chi connectivity index (χ2v) is 7.09. The molecule has 0 aliphatic rings. The molecular formula is C17H21NO2S. The molecule has 0 spiro atoms. The van der Waals surface area contributed by atoms with Crippen LogP contribution in [0.4, 0.5) is 5.69 Å². The second-order valence-electron chi connectivity index (χ2n) is 5.23. The van der Waals surface area contributed by atoms with E-state index in [0.717, 1.165) is 0 Å². The first kappa shape index (κ1) is 15.6. The molecule has 0 unspecified atom stereocenters. The number of rotatable bonds is 5. The highest BCUT2D eigenvalue weighted by Crippen LogP contribution is 2.25. The van der Waals surface area contributed by atoms with E-state index in [2.05, 4.69) is 13.8 Å². The van der Waals surface area contributed by atoms with Crippen LogP contribution in [0.5, 0.6) is 0 Å². The molecule has 0 N–H and O–H groups in total. The van der Waals surface area contributed by atoms with Crippen LogP contribution in [0.3, 0.4) is 0 Å². The first-order valence-electron chi connectivity index (χ1n) is 7.14. The van der Waals surface area contributed by atoms with Gasteiger partial charge in [-0.1, -0.05) is 44.2 Å². The molecule has 0 aliphatic heterocycles. The average Bonchev–Trinajstić information content (AvgIpc) is 2.49. The van der Waals surface area contributed by atoms with Crippen molar-refractivity contribution in [3.63, 3.8) is 0 Å². The van der Waals surface area contributed by atoms with Crippen LogP contribution in [0.2, 0.25) is 0 Å². The van der Waals surface area contributed by atoms with Gasteiger partial charge in [-0.05, 0) is 42.7 Å². The van der Waals surface area contributed by atoms with Crippen LogP contribution in [0.15, 0.2) is 59.5 Å². The standard InChI is InChI=1S/C17H21NO2S/c1-4-18(16-12-10-15(11-13-16)14(2)3)21(19,20)17-8-6-5-7-9-17/h5-14H,4H2,1-3H3. The molecule has 4 heteroatoms. The van der Waals surface area contributed by atoms with Gasteiger partial charge in [0.1, 0.15) is 0 Å². The first-order valence-corrected chi connectivity index (χ1v) is 8.58. The maximum Gasteiger partial charge on any atom is 0.264 e. The lowest BCUT2D eigenvalue weighted by molar-refractivity contribution is 0.592. The van der Waals surface area contributed by atoms with E-state index >= 15 is 0 Å². The zero-order valence-corrected chi connectivity index (χ0v) is 13.5. The molecule has 0 aromatic heterocycles. The van der Waals surface area contributed by atoms with Gasteiger partial charge in [-0.3, -0.25) is 4.31 Å². The highest BCUT2D eigenvalue weighted by molar-refractivity contribution is 7.92. The van der Waals surface area contributed by atoms with Crippen molar-refractivity contribution < 1.29 is 8.42 Å². The third kappa shape index (κ3) is 3.27.